The van der Waals surface area contributed by atoms with Crippen LogP contribution in [0, 0.1) is 0 Å². The van der Waals surface area contributed by atoms with Gasteiger partial charge in [0, 0.05) is 5.57 Å². The number of hydrogen-bond acceptors (Lipinski definition) is 4. The smallest absolute Gasteiger partial charge is 0.292 e. The van der Waals surface area contributed by atoms with E-state index in [0.717, 1.165) is 25.0 Å². The van der Waals surface area contributed by atoms with E-state index in [2.05, 4.69) is 4.98 Å². The molecule has 4 heteroatoms. The van der Waals surface area contributed by atoms with Crippen molar-refractivity contribution in [1.82, 2.24) is 4.98 Å². The number of anilines is 1. The zero-order valence-corrected chi connectivity index (χ0v) is 6.62. The van der Waals surface area contributed by atoms with E-state index in [1.54, 1.807) is 12.5 Å². The van der Waals surface area contributed by atoms with Crippen LogP contribution in [-0.2, 0) is 4.74 Å². The lowest BCUT2D eigenvalue weighted by molar-refractivity contribution is 0.234. The minimum absolute atomic E-state index is 0.205. The van der Waals surface area contributed by atoms with Gasteiger partial charge in [-0.3, -0.25) is 0 Å². The number of nitrogens with zero attached hydrogens (tertiary/aromatic N) is 1. The van der Waals surface area contributed by atoms with Crippen LogP contribution in [0.3, 0.4) is 0 Å². The molecule has 0 spiro atoms. The summed E-state index contributed by atoms with van der Waals surface area (Å²) in [6, 6.07) is 0.205. The molecule has 2 heterocycles. The highest BCUT2D eigenvalue weighted by atomic mass is 16.5. The molecule has 0 saturated heterocycles. The third-order valence-corrected chi connectivity index (χ3v) is 1.77. The fraction of sp³-hybridized carbons (Fsp3) is 0.375. The van der Waals surface area contributed by atoms with Crippen molar-refractivity contribution in [2.24, 2.45) is 0 Å². The Balaban J connectivity index is 2.23. The Kier molecular flexibility index (Phi) is 1.74. The van der Waals surface area contributed by atoms with Gasteiger partial charge in [-0.2, -0.15) is 0 Å². The Labute approximate surface area is 70.0 Å². The highest BCUT2D eigenvalue weighted by Crippen LogP contribution is 2.24. The van der Waals surface area contributed by atoms with Crippen LogP contribution in [0.4, 0.5) is 6.01 Å². The van der Waals surface area contributed by atoms with Crippen LogP contribution >= 0.6 is 0 Å². The van der Waals surface area contributed by atoms with E-state index < -0.39 is 0 Å². The normalized spacial score (nSPS) is 16.8. The monoisotopic (exact) mass is 166 g/mol. The number of oxazole rings is 1. The number of allylic oxidation sites excluding steroid dienone is 1. The first-order valence-electron chi connectivity index (χ1n) is 3.88. The summed E-state index contributed by atoms with van der Waals surface area (Å²) in [4.78, 5) is 3.81. The van der Waals surface area contributed by atoms with E-state index in [4.69, 9.17) is 14.9 Å². The van der Waals surface area contributed by atoms with Crippen molar-refractivity contribution in [2.75, 3.05) is 12.3 Å². The van der Waals surface area contributed by atoms with E-state index in [1.807, 2.05) is 0 Å². The number of rotatable bonds is 1. The Bertz CT molecular complexity index is 304. The Hall–Kier alpha value is -1.45. The summed E-state index contributed by atoms with van der Waals surface area (Å²) in [5.74, 6) is 0.715. The molecule has 2 rings (SSSR count). The lowest BCUT2D eigenvalue weighted by Gasteiger charge is -2.10. The first-order valence-corrected chi connectivity index (χ1v) is 3.88. The molecule has 0 saturated carbocycles. The van der Waals surface area contributed by atoms with E-state index in [-0.39, 0.29) is 6.01 Å². The van der Waals surface area contributed by atoms with Crippen molar-refractivity contribution in [2.45, 2.75) is 12.8 Å². The molecule has 1 aromatic rings. The summed E-state index contributed by atoms with van der Waals surface area (Å²) in [6.07, 6.45) is 5.32. The number of nitrogens with two attached hydrogens (primary N) is 1. The summed E-state index contributed by atoms with van der Waals surface area (Å²) < 4.78 is 10.3. The van der Waals surface area contributed by atoms with Crippen molar-refractivity contribution in [1.29, 1.82) is 0 Å². The lowest BCUT2D eigenvalue weighted by Crippen LogP contribution is -1.97. The van der Waals surface area contributed by atoms with Crippen LogP contribution in [0.25, 0.3) is 5.57 Å². The third-order valence-electron chi connectivity index (χ3n) is 1.77. The summed E-state index contributed by atoms with van der Waals surface area (Å²) in [5.41, 5.74) is 6.37. The van der Waals surface area contributed by atoms with Crippen molar-refractivity contribution >= 4 is 11.6 Å². The fourth-order valence-corrected chi connectivity index (χ4v) is 1.18. The molecule has 0 atom stereocenters. The molecule has 1 aliphatic rings. The molecule has 4 nitrogen and oxygen atoms in total. The van der Waals surface area contributed by atoms with Gasteiger partial charge in [-0.05, 0) is 12.8 Å². The number of aromatic nitrogens is 1. The van der Waals surface area contributed by atoms with Crippen molar-refractivity contribution in [3.63, 3.8) is 0 Å². The second-order valence-electron chi connectivity index (χ2n) is 2.68. The lowest BCUT2D eigenvalue weighted by atomic mass is 10.1. The first-order chi connectivity index (χ1) is 5.86. The molecule has 64 valence electrons. The molecular formula is C8H10N2O2. The van der Waals surface area contributed by atoms with Gasteiger partial charge in [0.05, 0.1) is 19.1 Å². The Morgan fingerprint density at radius 1 is 1.50 bits per heavy atom. The van der Waals surface area contributed by atoms with Crippen LogP contribution in [0.5, 0.6) is 0 Å². The van der Waals surface area contributed by atoms with Gasteiger partial charge in [-0.15, -0.1) is 0 Å². The van der Waals surface area contributed by atoms with E-state index in [1.165, 1.54) is 0 Å². The maximum atomic E-state index is 5.34. The largest absolute Gasteiger partial charge is 0.501 e. The molecule has 0 fully saturated rings. The molecule has 0 radical (unpaired) electrons. The molecule has 0 unspecified atom stereocenters. The summed E-state index contributed by atoms with van der Waals surface area (Å²) in [5, 5.41) is 0. The maximum absolute atomic E-state index is 5.34. The predicted octanol–water partition coefficient (Wildman–Crippen LogP) is 1.41. The Morgan fingerprint density at radius 3 is 3.00 bits per heavy atom. The van der Waals surface area contributed by atoms with Gasteiger partial charge in [-0.25, -0.2) is 4.98 Å². The van der Waals surface area contributed by atoms with Crippen molar-refractivity contribution in [3.05, 3.63) is 18.2 Å². The number of nitrogen functional groups attached to an aromatic ring is 1. The van der Waals surface area contributed by atoms with E-state index in [9.17, 15) is 0 Å². The van der Waals surface area contributed by atoms with Gasteiger partial charge >= 0.3 is 0 Å². The van der Waals surface area contributed by atoms with E-state index >= 15 is 0 Å². The maximum Gasteiger partial charge on any atom is 0.292 e. The van der Waals surface area contributed by atoms with Gasteiger partial charge in [-0.1, -0.05) is 0 Å². The van der Waals surface area contributed by atoms with Crippen LogP contribution in [-0.4, -0.2) is 11.6 Å². The van der Waals surface area contributed by atoms with Crippen LogP contribution in [0.1, 0.15) is 18.6 Å². The molecule has 0 amide bonds. The van der Waals surface area contributed by atoms with Crippen LogP contribution < -0.4 is 5.73 Å². The molecule has 0 aromatic carbocycles. The first kappa shape index (κ1) is 7.21. The van der Waals surface area contributed by atoms with E-state index in [0.29, 0.717) is 5.76 Å². The topological polar surface area (TPSA) is 61.3 Å². The van der Waals surface area contributed by atoms with Gasteiger partial charge in [0.25, 0.3) is 6.01 Å². The minimum Gasteiger partial charge on any atom is -0.501 e. The summed E-state index contributed by atoms with van der Waals surface area (Å²) in [6.45, 7) is 0.785. The average molecular weight is 166 g/mol. The molecule has 0 aliphatic carbocycles. The highest BCUT2D eigenvalue weighted by Gasteiger charge is 2.10. The average Bonchev–Trinajstić information content (AvgIpc) is 2.54. The second kappa shape index (κ2) is 2.89. The quantitative estimate of drug-likeness (QED) is 0.685. The second-order valence-corrected chi connectivity index (χ2v) is 2.68. The molecule has 2 N–H and O–H groups in total. The fourth-order valence-electron chi connectivity index (χ4n) is 1.18. The van der Waals surface area contributed by atoms with Crippen molar-refractivity contribution < 1.29 is 9.15 Å². The zero-order chi connectivity index (χ0) is 8.39. The number of ether oxygens (including phenoxy) is 1. The summed E-state index contributed by atoms with van der Waals surface area (Å²) >= 11 is 0. The van der Waals surface area contributed by atoms with Crippen LogP contribution in [0.15, 0.2) is 16.9 Å². The molecule has 0 bridgehead atoms. The summed E-state index contributed by atoms with van der Waals surface area (Å²) in [7, 11) is 0. The predicted molar refractivity (Wildman–Crippen MR) is 44.1 cm³/mol. The van der Waals surface area contributed by atoms with Crippen molar-refractivity contribution in [3.8, 4) is 0 Å². The van der Waals surface area contributed by atoms with Crippen LogP contribution in [0.2, 0.25) is 0 Å². The highest BCUT2D eigenvalue weighted by molar-refractivity contribution is 5.60. The molecular weight excluding hydrogens is 156 g/mol. The molecule has 12 heavy (non-hydrogen) atoms. The van der Waals surface area contributed by atoms with Gasteiger partial charge in [0.2, 0.25) is 0 Å². The molecule has 1 aromatic heterocycles. The van der Waals surface area contributed by atoms with Gasteiger partial charge < -0.3 is 14.9 Å². The zero-order valence-electron chi connectivity index (χ0n) is 6.62. The SMILES string of the molecule is Nc1ncc(C2=COCCC2)o1. The Morgan fingerprint density at radius 2 is 2.42 bits per heavy atom. The minimum atomic E-state index is 0.205. The third kappa shape index (κ3) is 1.28. The standard InChI is InChI=1S/C8H10N2O2/c9-8-10-4-7(12-8)6-2-1-3-11-5-6/h4-5H,1-3H2,(H2,9,10). The number of hydrogen-bond donors (Lipinski definition) is 1. The molecule has 1 aliphatic heterocycles. The van der Waals surface area contributed by atoms with Gasteiger partial charge in [0.1, 0.15) is 0 Å². The van der Waals surface area contributed by atoms with Gasteiger partial charge in [0.15, 0.2) is 5.76 Å².